The number of fused-ring (bicyclic) bond motifs is 1. The van der Waals surface area contributed by atoms with Crippen LogP contribution in [-0.2, 0) is 11.3 Å². The van der Waals surface area contributed by atoms with E-state index in [9.17, 15) is 9.59 Å². The number of rotatable bonds is 6. The molecule has 1 aromatic heterocycles. The molecule has 2 aromatic rings. The Hall–Kier alpha value is -1.79. The second kappa shape index (κ2) is 8.77. The normalized spacial score (nSPS) is 31.2. The van der Waals surface area contributed by atoms with E-state index in [-0.39, 0.29) is 16.9 Å². The van der Waals surface area contributed by atoms with Crippen molar-refractivity contribution in [3.05, 3.63) is 40.8 Å². The SMILES string of the molecule is O=C(CC12CC3CC(CC(C3)C1)C2)Nc1cccc2c(=O)n(CCN3CCSCC3)ccc12. The molecule has 5 aliphatic rings. The minimum absolute atomic E-state index is 0.0380. The van der Waals surface area contributed by atoms with Gasteiger partial charge in [0.1, 0.15) is 0 Å². The van der Waals surface area contributed by atoms with Gasteiger partial charge in [-0.05, 0) is 79.9 Å². The van der Waals surface area contributed by atoms with Gasteiger partial charge in [0.15, 0.2) is 0 Å². The molecule has 1 aromatic carbocycles. The van der Waals surface area contributed by atoms with Crippen LogP contribution in [0.1, 0.15) is 44.9 Å². The van der Waals surface area contributed by atoms with E-state index < -0.39 is 0 Å². The molecule has 1 aliphatic heterocycles. The number of benzene rings is 1. The summed E-state index contributed by atoms with van der Waals surface area (Å²) in [6.07, 6.45) is 10.4. The zero-order valence-electron chi connectivity index (χ0n) is 19.4. The summed E-state index contributed by atoms with van der Waals surface area (Å²) in [6, 6.07) is 7.73. The van der Waals surface area contributed by atoms with Gasteiger partial charge in [0.25, 0.3) is 5.56 Å². The van der Waals surface area contributed by atoms with Crippen molar-refractivity contribution in [2.75, 3.05) is 36.5 Å². The average Bonchev–Trinajstić information content (AvgIpc) is 2.78. The number of nitrogens with one attached hydrogen (secondary N) is 1. The largest absolute Gasteiger partial charge is 0.325 e. The van der Waals surface area contributed by atoms with Gasteiger partial charge in [-0.2, -0.15) is 11.8 Å². The Morgan fingerprint density at radius 3 is 2.36 bits per heavy atom. The van der Waals surface area contributed by atoms with E-state index in [1.807, 2.05) is 46.8 Å². The lowest BCUT2D eigenvalue weighted by atomic mass is 9.49. The maximum atomic E-state index is 13.2. The molecular formula is C27H35N3O2S. The van der Waals surface area contributed by atoms with Gasteiger partial charge in [0.2, 0.25) is 5.91 Å². The van der Waals surface area contributed by atoms with Crippen molar-refractivity contribution in [2.45, 2.75) is 51.5 Å². The van der Waals surface area contributed by atoms with Crippen LogP contribution in [0.5, 0.6) is 0 Å². The molecule has 0 radical (unpaired) electrons. The van der Waals surface area contributed by atoms with Crippen LogP contribution in [-0.4, -0.2) is 46.5 Å². The maximum Gasteiger partial charge on any atom is 0.258 e. The number of hydrogen-bond donors (Lipinski definition) is 1. The molecule has 4 saturated carbocycles. The molecule has 5 nitrogen and oxygen atoms in total. The highest BCUT2D eigenvalue weighted by Gasteiger charge is 2.51. The summed E-state index contributed by atoms with van der Waals surface area (Å²) >= 11 is 2.00. The first-order chi connectivity index (χ1) is 16.1. The van der Waals surface area contributed by atoms with E-state index in [0.717, 1.165) is 48.5 Å². The number of nitrogens with zero attached hydrogens (tertiary/aromatic N) is 2. The summed E-state index contributed by atoms with van der Waals surface area (Å²) in [4.78, 5) is 28.8. The molecule has 33 heavy (non-hydrogen) atoms. The molecule has 1 N–H and O–H groups in total. The number of amides is 1. The lowest BCUT2D eigenvalue weighted by molar-refractivity contribution is -0.124. The van der Waals surface area contributed by atoms with Gasteiger partial charge < -0.3 is 9.88 Å². The van der Waals surface area contributed by atoms with E-state index in [1.54, 1.807) is 0 Å². The van der Waals surface area contributed by atoms with E-state index in [0.29, 0.717) is 18.4 Å². The van der Waals surface area contributed by atoms with Crippen molar-refractivity contribution >= 4 is 34.1 Å². The second-order valence-electron chi connectivity index (χ2n) is 11.2. The molecule has 176 valence electrons. The summed E-state index contributed by atoms with van der Waals surface area (Å²) in [5, 5.41) is 4.74. The van der Waals surface area contributed by atoms with E-state index in [2.05, 4.69) is 10.2 Å². The van der Waals surface area contributed by atoms with E-state index >= 15 is 0 Å². The van der Waals surface area contributed by atoms with Crippen LogP contribution in [0.25, 0.3) is 10.8 Å². The van der Waals surface area contributed by atoms with Crippen LogP contribution in [0.3, 0.4) is 0 Å². The van der Waals surface area contributed by atoms with Crippen molar-refractivity contribution in [1.29, 1.82) is 0 Å². The van der Waals surface area contributed by atoms with Gasteiger partial charge in [-0.1, -0.05) is 6.07 Å². The van der Waals surface area contributed by atoms with Crippen LogP contribution < -0.4 is 10.9 Å². The van der Waals surface area contributed by atoms with Gasteiger partial charge in [-0.3, -0.25) is 14.5 Å². The first-order valence-corrected chi connectivity index (χ1v) is 13.9. The molecular weight excluding hydrogens is 430 g/mol. The summed E-state index contributed by atoms with van der Waals surface area (Å²) in [7, 11) is 0. The third-order valence-corrected chi connectivity index (χ3v) is 9.70. The number of aromatic nitrogens is 1. The Balaban J connectivity index is 1.17. The van der Waals surface area contributed by atoms with Gasteiger partial charge in [0.05, 0.1) is 0 Å². The van der Waals surface area contributed by atoms with Crippen molar-refractivity contribution in [3.63, 3.8) is 0 Å². The fourth-order valence-corrected chi connectivity index (χ4v) is 8.70. The highest BCUT2D eigenvalue weighted by atomic mass is 32.2. The van der Waals surface area contributed by atoms with Crippen LogP contribution in [0.4, 0.5) is 5.69 Å². The topological polar surface area (TPSA) is 54.3 Å². The standard InChI is InChI=1S/C27H35N3O2S/c31-25(18-27-15-19-12-20(16-27)14-21(13-19)17-27)28-24-3-1-2-23-22(24)4-5-30(26(23)32)7-6-29-8-10-33-11-9-29/h1-5,19-21H,6-18H2,(H,28,31). The molecule has 2 heterocycles. The van der Waals surface area contributed by atoms with Crippen molar-refractivity contribution in [1.82, 2.24) is 9.47 Å². The molecule has 6 heteroatoms. The number of pyridine rings is 1. The highest BCUT2D eigenvalue weighted by Crippen LogP contribution is 2.61. The molecule has 0 spiro atoms. The number of carbonyl (C=O) groups is 1. The molecule has 7 rings (SSSR count). The predicted molar refractivity (Wildman–Crippen MR) is 136 cm³/mol. The van der Waals surface area contributed by atoms with Gasteiger partial charge in [-0.25, -0.2) is 0 Å². The smallest absolute Gasteiger partial charge is 0.258 e. The molecule has 4 bridgehead atoms. The Kier molecular flexibility index (Phi) is 5.77. The third kappa shape index (κ3) is 4.37. The van der Waals surface area contributed by atoms with E-state index in [1.165, 1.54) is 50.0 Å². The minimum Gasteiger partial charge on any atom is -0.325 e. The molecule has 5 fully saturated rings. The van der Waals surface area contributed by atoms with Crippen LogP contribution in [0.2, 0.25) is 0 Å². The molecule has 1 saturated heterocycles. The van der Waals surface area contributed by atoms with Gasteiger partial charge in [-0.15, -0.1) is 0 Å². The lowest BCUT2D eigenvalue weighted by Gasteiger charge is -2.56. The monoisotopic (exact) mass is 465 g/mol. The van der Waals surface area contributed by atoms with Gasteiger partial charge >= 0.3 is 0 Å². The first kappa shape index (κ1) is 21.7. The highest BCUT2D eigenvalue weighted by molar-refractivity contribution is 7.99. The second-order valence-corrected chi connectivity index (χ2v) is 12.4. The fraction of sp³-hybridized carbons (Fsp3) is 0.630. The van der Waals surface area contributed by atoms with Crippen LogP contribution in [0, 0.1) is 23.2 Å². The van der Waals surface area contributed by atoms with Crippen LogP contribution in [0.15, 0.2) is 35.3 Å². The van der Waals surface area contributed by atoms with E-state index in [4.69, 9.17) is 0 Å². The molecule has 1 amide bonds. The maximum absolute atomic E-state index is 13.2. The predicted octanol–water partition coefficient (Wildman–Crippen LogP) is 4.60. The zero-order valence-corrected chi connectivity index (χ0v) is 20.2. The zero-order chi connectivity index (χ0) is 22.4. The Morgan fingerprint density at radius 2 is 1.67 bits per heavy atom. The third-order valence-electron chi connectivity index (χ3n) is 8.75. The summed E-state index contributed by atoms with van der Waals surface area (Å²) in [6.45, 7) is 3.83. The number of thioether (sulfide) groups is 1. The quantitative estimate of drug-likeness (QED) is 0.678. The van der Waals surface area contributed by atoms with Crippen molar-refractivity contribution < 1.29 is 4.79 Å². The van der Waals surface area contributed by atoms with Crippen LogP contribution >= 0.6 is 11.8 Å². The van der Waals surface area contributed by atoms with Gasteiger partial charge in [0, 0.05) is 66.8 Å². The van der Waals surface area contributed by atoms with Crippen molar-refractivity contribution in [2.24, 2.45) is 23.2 Å². The summed E-state index contributed by atoms with van der Waals surface area (Å²) in [5.74, 6) is 5.03. The summed E-state index contributed by atoms with van der Waals surface area (Å²) < 4.78 is 1.82. The molecule has 0 unspecified atom stereocenters. The number of anilines is 1. The first-order valence-electron chi connectivity index (χ1n) is 12.8. The Morgan fingerprint density at radius 1 is 0.970 bits per heavy atom. The summed E-state index contributed by atoms with van der Waals surface area (Å²) in [5.41, 5.74) is 1.04. The number of hydrogen-bond acceptors (Lipinski definition) is 4. The Labute approximate surface area is 200 Å². The minimum atomic E-state index is 0.0380. The van der Waals surface area contributed by atoms with Crippen molar-refractivity contribution in [3.8, 4) is 0 Å². The molecule has 4 aliphatic carbocycles. The number of carbonyl (C=O) groups excluding carboxylic acids is 1. The fourth-order valence-electron chi connectivity index (χ4n) is 7.72. The molecule has 0 atom stereocenters. The lowest BCUT2D eigenvalue weighted by Crippen LogP contribution is -2.47. The average molecular weight is 466 g/mol. The Bertz CT molecular complexity index is 1070.